The Hall–Kier alpha value is -2.18. The summed E-state index contributed by atoms with van der Waals surface area (Å²) in [6.07, 6.45) is 6.61. The first-order valence-electron chi connectivity index (χ1n) is 8.00. The van der Waals surface area contributed by atoms with Crippen molar-refractivity contribution in [3.8, 4) is 11.1 Å². The van der Waals surface area contributed by atoms with Gasteiger partial charge in [-0.1, -0.05) is 35.8 Å². The maximum Gasteiger partial charge on any atom is 0.238 e. The van der Waals surface area contributed by atoms with Gasteiger partial charge in [-0.2, -0.15) is 0 Å². The van der Waals surface area contributed by atoms with E-state index in [9.17, 15) is 4.79 Å². The molecule has 23 heavy (non-hydrogen) atoms. The smallest absolute Gasteiger partial charge is 0.238 e. The molecule has 1 aromatic carbocycles. The third-order valence-corrected chi connectivity index (χ3v) is 4.13. The van der Waals surface area contributed by atoms with Gasteiger partial charge in [0.05, 0.1) is 18.4 Å². The molecule has 1 aromatic heterocycles. The summed E-state index contributed by atoms with van der Waals surface area (Å²) < 4.78 is 4.84. The topological polar surface area (TPSA) is 93.2 Å². The van der Waals surface area contributed by atoms with Crippen LogP contribution in [0.4, 0.5) is 0 Å². The summed E-state index contributed by atoms with van der Waals surface area (Å²) in [6.45, 7) is 0.900. The summed E-state index contributed by atoms with van der Waals surface area (Å²) in [5.74, 6) is -0.00158. The van der Waals surface area contributed by atoms with Crippen molar-refractivity contribution in [3.63, 3.8) is 0 Å². The van der Waals surface area contributed by atoms with Gasteiger partial charge in [-0.25, -0.2) is 0 Å². The normalized spacial score (nSPS) is 19.3. The minimum absolute atomic E-state index is 0.00158. The molecule has 2 atom stereocenters. The molecule has 4 N–H and O–H groups in total. The van der Waals surface area contributed by atoms with Crippen molar-refractivity contribution in [1.29, 1.82) is 0 Å². The molecule has 1 fully saturated rings. The molecule has 3 rings (SSSR count). The van der Waals surface area contributed by atoms with Crippen molar-refractivity contribution in [2.75, 3.05) is 6.54 Å². The molecular formula is C17H22N4O2. The molecule has 122 valence electrons. The minimum atomic E-state index is -0.382. The van der Waals surface area contributed by atoms with E-state index in [-0.39, 0.29) is 18.1 Å². The molecule has 2 heterocycles. The Balaban J connectivity index is 1.53. The van der Waals surface area contributed by atoms with E-state index in [1.807, 2.05) is 24.3 Å². The van der Waals surface area contributed by atoms with Crippen LogP contribution in [0.25, 0.3) is 11.1 Å². The molecule has 6 nitrogen and oxygen atoms in total. The van der Waals surface area contributed by atoms with Crippen LogP contribution in [0.1, 0.15) is 24.8 Å². The monoisotopic (exact) mass is 314 g/mol. The van der Waals surface area contributed by atoms with Crippen LogP contribution in [0.15, 0.2) is 41.2 Å². The van der Waals surface area contributed by atoms with Crippen LogP contribution in [0.3, 0.4) is 0 Å². The molecular weight excluding hydrogens is 292 g/mol. The number of nitrogens with two attached hydrogens (primary N) is 1. The Morgan fingerprint density at radius 1 is 1.35 bits per heavy atom. The predicted octanol–water partition coefficient (Wildman–Crippen LogP) is 1.43. The zero-order valence-corrected chi connectivity index (χ0v) is 13.0. The van der Waals surface area contributed by atoms with Gasteiger partial charge < -0.3 is 20.9 Å². The molecule has 1 aliphatic heterocycles. The van der Waals surface area contributed by atoms with Crippen molar-refractivity contribution in [1.82, 2.24) is 15.8 Å². The number of hydrogen-bond acceptors (Lipinski definition) is 5. The highest BCUT2D eigenvalue weighted by molar-refractivity contribution is 5.82. The molecule has 0 saturated carbocycles. The number of carbonyl (C=O) groups is 1. The number of amides is 1. The molecule has 0 bridgehead atoms. The molecule has 6 heteroatoms. The fourth-order valence-corrected chi connectivity index (χ4v) is 2.84. The van der Waals surface area contributed by atoms with E-state index in [2.05, 4.69) is 15.8 Å². The number of hydrogen-bond donors (Lipinski definition) is 3. The Morgan fingerprint density at radius 3 is 2.83 bits per heavy atom. The zero-order chi connectivity index (χ0) is 16.1. The van der Waals surface area contributed by atoms with E-state index in [1.165, 1.54) is 0 Å². The van der Waals surface area contributed by atoms with Gasteiger partial charge >= 0.3 is 0 Å². The van der Waals surface area contributed by atoms with Crippen molar-refractivity contribution in [3.05, 3.63) is 42.3 Å². The molecule has 0 unspecified atom stereocenters. The minimum Gasteiger partial charge on any atom is -0.364 e. The van der Waals surface area contributed by atoms with Gasteiger partial charge in [0.1, 0.15) is 6.26 Å². The first-order chi connectivity index (χ1) is 11.2. The lowest BCUT2D eigenvalue weighted by atomic mass is 10.0. The quantitative estimate of drug-likeness (QED) is 0.726. The van der Waals surface area contributed by atoms with Gasteiger partial charge in [0.15, 0.2) is 0 Å². The summed E-state index contributed by atoms with van der Waals surface area (Å²) in [7, 11) is 0. The molecule has 0 spiro atoms. The second-order valence-electron chi connectivity index (χ2n) is 5.93. The molecule has 0 radical (unpaired) electrons. The van der Waals surface area contributed by atoms with Crippen molar-refractivity contribution < 1.29 is 9.32 Å². The summed E-state index contributed by atoms with van der Waals surface area (Å²) >= 11 is 0. The largest absolute Gasteiger partial charge is 0.364 e. The van der Waals surface area contributed by atoms with Crippen LogP contribution in [-0.4, -0.2) is 29.8 Å². The van der Waals surface area contributed by atoms with Gasteiger partial charge in [0.25, 0.3) is 0 Å². The average molecular weight is 314 g/mol. The fraction of sp³-hybridized carbons (Fsp3) is 0.412. The Bertz CT molecular complexity index is 619. The van der Waals surface area contributed by atoms with Gasteiger partial charge in [0, 0.05) is 12.0 Å². The van der Waals surface area contributed by atoms with E-state index >= 15 is 0 Å². The van der Waals surface area contributed by atoms with Crippen LogP contribution in [0, 0.1) is 0 Å². The summed E-state index contributed by atoms with van der Waals surface area (Å²) in [5, 5.41) is 9.82. The van der Waals surface area contributed by atoms with Gasteiger partial charge in [0.2, 0.25) is 5.91 Å². The first kappa shape index (κ1) is 15.7. The number of aromatic nitrogens is 1. The summed E-state index contributed by atoms with van der Waals surface area (Å²) in [4.78, 5) is 12.1. The highest BCUT2D eigenvalue weighted by atomic mass is 16.5. The number of carbonyl (C=O) groups excluding carboxylic acids is 1. The second kappa shape index (κ2) is 7.39. The third kappa shape index (κ3) is 4.18. The lowest BCUT2D eigenvalue weighted by Gasteiger charge is -2.24. The van der Waals surface area contributed by atoms with Crippen LogP contribution >= 0.6 is 0 Å². The van der Waals surface area contributed by atoms with E-state index in [0.717, 1.165) is 42.5 Å². The lowest BCUT2D eigenvalue weighted by molar-refractivity contribution is -0.124. The fourth-order valence-electron chi connectivity index (χ4n) is 2.84. The highest BCUT2D eigenvalue weighted by Gasteiger charge is 2.21. The molecule has 1 saturated heterocycles. The van der Waals surface area contributed by atoms with E-state index in [0.29, 0.717) is 6.42 Å². The highest BCUT2D eigenvalue weighted by Crippen LogP contribution is 2.19. The molecule has 2 aromatic rings. The standard InChI is InChI=1S/C17H22N4O2/c18-16(21-17(22)15-3-1-2-8-19-15)9-12-4-6-13(7-5-12)14-10-20-23-11-14/h4-7,10-11,15-16,19H,1-3,8-9,18H2,(H,21,22)/t15-,16-/m0/s1. The molecule has 1 amide bonds. The third-order valence-electron chi connectivity index (χ3n) is 4.13. The van der Waals surface area contributed by atoms with E-state index < -0.39 is 0 Å². The average Bonchev–Trinajstić information content (AvgIpc) is 3.11. The predicted molar refractivity (Wildman–Crippen MR) is 87.4 cm³/mol. The van der Waals surface area contributed by atoms with Crippen LogP contribution in [0.5, 0.6) is 0 Å². The van der Waals surface area contributed by atoms with Crippen molar-refractivity contribution >= 4 is 5.91 Å². The Kier molecular flexibility index (Phi) is 5.05. The summed E-state index contributed by atoms with van der Waals surface area (Å²) in [5.41, 5.74) is 9.12. The number of nitrogens with one attached hydrogen (secondary N) is 2. The van der Waals surface area contributed by atoms with Gasteiger partial charge in [-0.3, -0.25) is 4.79 Å². The molecule has 1 aliphatic rings. The number of rotatable bonds is 5. The Labute approximate surface area is 135 Å². The zero-order valence-electron chi connectivity index (χ0n) is 13.0. The van der Waals surface area contributed by atoms with Crippen LogP contribution < -0.4 is 16.4 Å². The maximum absolute atomic E-state index is 12.1. The first-order valence-corrected chi connectivity index (χ1v) is 8.00. The number of piperidine rings is 1. The van der Waals surface area contributed by atoms with Crippen LogP contribution in [-0.2, 0) is 11.2 Å². The maximum atomic E-state index is 12.1. The van der Waals surface area contributed by atoms with Crippen molar-refractivity contribution in [2.45, 2.75) is 37.9 Å². The van der Waals surface area contributed by atoms with E-state index in [4.69, 9.17) is 10.3 Å². The van der Waals surface area contributed by atoms with E-state index in [1.54, 1.807) is 12.5 Å². The SMILES string of the molecule is N[C@H](Cc1ccc(-c2cnoc2)cc1)NC(=O)[C@@H]1CCCCN1. The number of benzene rings is 1. The van der Waals surface area contributed by atoms with Crippen molar-refractivity contribution in [2.24, 2.45) is 5.73 Å². The molecule has 0 aliphatic carbocycles. The number of nitrogens with zero attached hydrogens (tertiary/aromatic N) is 1. The summed E-state index contributed by atoms with van der Waals surface area (Å²) in [6, 6.07) is 7.91. The second-order valence-corrected chi connectivity index (χ2v) is 5.93. The van der Waals surface area contributed by atoms with Gasteiger partial charge in [-0.05, 0) is 30.5 Å². The van der Waals surface area contributed by atoms with Gasteiger partial charge in [-0.15, -0.1) is 0 Å². The lowest BCUT2D eigenvalue weighted by Crippen LogP contribution is -2.52. The Morgan fingerprint density at radius 2 is 2.17 bits per heavy atom. The van der Waals surface area contributed by atoms with Crippen LogP contribution in [0.2, 0.25) is 0 Å².